The molecule has 0 spiro atoms. The number of benzene rings is 2. The maximum absolute atomic E-state index is 12.9. The highest BCUT2D eigenvalue weighted by Crippen LogP contribution is 2.34. The molecule has 5 rings (SSSR count). The molecule has 2 aromatic carbocycles. The second kappa shape index (κ2) is 7.42. The molecule has 0 bridgehead atoms. The van der Waals surface area contributed by atoms with Crippen LogP contribution in [0.2, 0.25) is 0 Å². The number of aryl methyl sites for hydroxylation is 1. The molecule has 0 amide bonds. The SMILES string of the molecule is COc1ccc2[nH]c3c(c2c1)CC[NH2+][C@@H]3c1c(O)n(-c2cccc(C)c2C)c(=O)[nH]c1=O. The minimum absolute atomic E-state index is 0.157. The Morgan fingerprint density at radius 2 is 1.97 bits per heavy atom. The summed E-state index contributed by atoms with van der Waals surface area (Å²) in [7, 11) is 1.63. The Morgan fingerprint density at radius 1 is 1.16 bits per heavy atom. The number of aromatic amines is 2. The number of rotatable bonds is 3. The average Bonchev–Trinajstić information content (AvgIpc) is 3.15. The van der Waals surface area contributed by atoms with Gasteiger partial charge in [0.25, 0.3) is 5.56 Å². The van der Waals surface area contributed by atoms with Crippen molar-refractivity contribution >= 4 is 10.9 Å². The predicted octanol–water partition coefficient (Wildman–Crippen LogP) is 1.55. The van der Waals surface area contributed by atoms with Crippen LogP contribution in [0.25, 0.3) is 16.6 Å². The van der Waals surface area contributed by atoms with Crippen LogP contribution in [0.15, 0.2) is 46.0 Å². The first-order valence-electron chi connectivity index (χ1n) is 10.6. The van der Waals surface area contributed by atoms with E-state index in [0.717, 1.165) is 52.0 Å². The topological polar surface area (TPSA) is 117 Å². The first-order chi connectivity index (χ1) is 15.4. The van der Waals surface area contributed by atoms with Gasteiger partial charge in [0.15, 0.2) is 6.04 Å². The molecular formula is C24H25N4O4+. The average molecular weight is 433 g/mol. The Hall–Kier alpha value is -3.78. The minimum atomic E-state index is -0.664. The normalized spacial score (nSPS) is 15.7. The molecule has 1 aliphatic rings. The summed E-state index contributed by atoms with van der Waals surface area (Å²) in [6.07, 6.45) is 0.814. The quantitative estimate of drug-likeness (QED) is 0.392. The number of nitrogens with one attached hydrogen (secondary N) is 2. The molecule has 0 aliphatic carbocycles. The highest BCUT2D eigenvalue weighted by atomic mass is 16.5. The summed E-state index contributed by atoms with van der Waals surface area (Å²) in [6, 6.07) is 10.9. The van der Waals surface area contributed by atoms with Crippen LogP contribution in [0.3, 0.4) is 0 Å². The monoisotopic (exact) mass is 433 g/mol. The van der Waals surface area contributed by atoms with Gasteiger partial charge in [-0.15, -0.1) is 0 Å². The van der Waals surface area contributed by atoms with Gasteiger partial charge in [0.05, 0.1) is 25.0 Å². The van der Waals surface area contributed by atoms with E-state index in [4.69, 9.17) is 4.74 Å². The number of quaternary nitrogens is 1. The predicted molar refractivity (Wildman–Crippen MR) is 121 cm³/mol. The summed E-state index contributed by atoms with van der Waals surface area (Å²) < 4.78 is 6.56. The van der Waals surface area contributed by atoms with E-state index in [-0.39, 0.29) is 11.4 Å². The van der Waals surface area contributed by atoms with Gasteiger partial charge < -0.3 is 20.1 Å². The largest absolute Gasteiger partial charge is 0.497 e. The third kappa shape index (κ3) is 2.95. The van der Waals surface area contributed by atoms with Crippen molar-refractivity contribution in [3.63, 3.8) is 0 Å². The van der Waals surface area contributed by atoms with E-state index < -0.39 is 17.3 Å². The standard InChI is InChI=1S/C24H24N4O4/c1-12-5-4-6-18(13(12)2)28-23(30)19(22(29)27-24(28)31)21-20-15(9-10-25-21)16-11-14(32-3)7-8-17(16)26-20/h4-8,11,21,25-26,30H,9-10H2,1-3H3,(H,27,29,31)/p+1/t21-/m1/s1. The van der Waals surface area contributed by atoms with E-state index in [0.29, 0.717) is 5.69 Å². The van der Waals surface area contributed by atoms with Gasteiger partial charge in [-0.05, 0) is 54.8 Å². The number of hydrogen-bond acceptors (Lipinski definition) is 4. The third-order valence-electron chi connectivity index (χ3n) is 6.50. The van der Waals surface area contributed by atoms with Crippen LogP contribution in [0.5, 0.6) is 11.6 Å². The maximum atomic E-state index is 12.9. The molecular weight excluding hydrogens is 408 g/mol. The van der Waals surface area contributed by atoms with Crippen LogP contribution >= 0.6 is 0 Å². The molecule has 8 heteroatoms. The molecule has 0 saturated carbocycles. The van der Waals surface area contributed by atoms with Crippen LogP contribution in [0.1, 0.15) is 34.0 Å². The van der Waals surface area contributed by atoms with Gasteiger partial charge in [0.1, 0.15) is 11.3 Å². The Morgan fingerprint density at radius 3 is 2.75 bits per heavy atom. The molecule has 5 N–H and O–H groups in total. The van der Waals surface area contributed by atoms with E-state index in [9.17, 15) is 14.7 Å². The number of ether oxygens (including phenoxy) is 1. The number of hydrogen-bond donors (Lipinski definition) is 4. The second-order valence-electron chi connectivity index (χ2n) is 8.23. The van der Waals surface area contributed by atoms with Gasteiger partial charge in [0.2, 0.25) is 5.88 Å². The number of nitrogens with zero attached hydrogens (tertiary/aromatic N) is 1. The van der Waals surface area contributed by atoms with Crippen LogP contribution < -0.4 is 21.3 Å². The van der Waals surface area contributed by atoms with Gasteiger partial charge in [-0.3, -0.25) is 9.78 Å². The Bertz CT molecular complexity index is 1480. The number of aromatic nitrogens is 3. The summed E-state index contributed by atoms with van der Waals surface area (Å²) >= 11 is 0. The fraction of sp³-hybridized carbons (Fsp3) is 0.250. The zero-order valence-electron chi connectivity index (χ0n) is 18.2. The van der Waals surface area contributed by atoms with E-state index in [1.165, 1.54) is 4.57 Å². The lowest BCUT2D eigenvalue weighted by Gasteiger charge is -2.23. The number of methoxy groups -OCH3 is 1. The Balaban J connectivity index is 1.75. The van der Waals surface area contributed by atoms with Crippen molar-refractivity contribution in [3.8, 4) is 17.3 Å². The number of fused-ring (bicyclic) bond motifs is 3. The first-order valence-corrected chi connectivity index (χ1v) is 10.6. The number of H-pyrrole nitrogens is 2. The van der Waals surface area contributed by atoms with Crippen LogP contribution in [-0.4, -0.2) is 33.3 Å². The summed E-state index contributed by atoms with van der Waals surface area (Å²) in [5, 5.41) is 14.3. The van der Waals surface area contributed by atoms with Crippen molar-refractivity contribution in [2.24, 2.45) is 0 Å². The van der Waals surface area contributed by atoms with Gasteiger partial charge >= 0.3 is 5.69 Å². The lowest BCUT2D eigenvalue weighted by molar-refractivity contribution is -0.690. The van der Waals surface area contributed by atoms with E-state index in [2.05, 4.69) is 9.97 Å². The molecule has 4 aromatic rings. The zero-order chi connectivity index (χ0) is 22.6. The fourth-order valence-electron chi connectivity index (χ4n) is 4.70. The van der Waals surface area contributed by atoms with Crippen LogP contribution in [0, 0.1) is 13.8 Å². The van der Waals surface area contributed by atoms with Crippen LogP contribution in [0.4, 0.5) is 0 Å². The summed E-state index contributed by atoms with van der Waals surface area (Å²) in [5.41, 5.74) is 4.18. The van der Waals surface area contributed by atoms with E-state index in [1.807, 2.05) is 49.5 Å². The Kier molecular flexibility index (Phi) is 4.67. The van der Waals surface area contributed by atoms with E-state index in [1.54, 1.807) is 13.2 Å². The van der Waals surface area contributed by atoms with Crippen molar-refractivity contribution in [1.82, 2.24) is 14.5 Å². The smallest absolute Gasteiger partial charge is 0.335 e. The van der Waals surface area contributed by atoms with Crippen molar-refractivity contribution in [3.05, 3.63) is 85.2 Å². The molecule has 1 aliphatic heterocycles. The molecule has 3 heterocycles. The fourth-order valence-corrected chi connectivity index (χ4v) is 4.70. The first kappa shape index (κ1) is 20.1. The lowest BCUT2D eigenvalue weighted by Crippen LogP contribution is -2.87. The Labute approximate surface area is 183 Å². The van der Waals surface area contributed by atoms with Gasteiger partial charge in [0, 0.05) is 17.3 Å². The maximum Gasteiger partial charge on any atom is 0.335 e. The molecule has 0 saturated heterocycles. The van der Waals surface area contributed by atoms with Crippen LogP contribution in [-0.2, 0) is 6.42 Å². The van der Waals surface area contributed by atoms with E-state index >= 15 is 0 Å². The van der Waals surface area contributed by atoms with Gasteiger partial charge in [-0.2, -0.15) is 0 Å². The molecule has 0 radical (unpaired) electrons. The molecule has 1 atom stereocenters. The summed E-state index contributed by atoms with van der Waals surface area (Å²) in [4.78, 5) is 31.5. The molecule has 0 unspecified atom stereocenters. The minimum Gasteiger partial charge on any atom is -0.497 e. The van der Waals surface area contributed by atoms with Crippen molar-refractivity contribution in [1.29, 1.82) is 0 Å². The van der Waals surface area contributed by atoms with Gasteiger partial charge in [-0.1, -0.05) is 12.1 Å². The zero-order valence-corrected chi connectivity index (χ0v) is 18.2. The molecule has 164 valence electrons. The van der Waals surface area contributed by atoms with Crippen molar-refractivity contribution < 1.29 is 15.2 Å². The number of nitrogens with two attached hydrogens (primary N) is 1. The number of aromatic hydroxyl groups is 1. The second-order valence-corrected chi connectivity index (χ2v) is 8.23. The van der Waals surface area contributed by atoms with Crippen molar-refractivity contribution in [2.45, 2.75) is 26.3 Å². The molecule has 8 nitrogen and oxygen atoms in total. The molecule has 32 heavy (non-hydrogen) atoms. The highest BCUT2D eigenvalue weighted by molar-refractivity contribution is 5.86. The highest BCUT2D eigenvalue weighted by Gasteiger charge is 2.34. The van der Waals surface area contributed by atoms with Gasteiger partial charge in [-0.25, -0.2) is 9.36 Å². The van der Waals surface area contributed by atoms with Crippen molar-refractivity contribution in [2.75, 3.05) is 13.7 Å². The summed E-state index contributed by atoms with van der Waals surface area (Å²) in [5.74, 6) is 0.423. The summed E-state index contributed by atoms with van der Waals surface area (Å²) in [6.45, 7) is 4.56. The lowest BCUT2D eigenvalue weighted by atomic mass is 9.95. The molecule has 0 fully saturated rings. The third-order valence-corrected chi connectivity index (χ3v) is 6.50. The molecule has 2 aromatic heterocycles.